The molecule has 0 atom stereocenters. The zero-order valence-electron chi connectivity index (χ0n) is 5.71. The molecular weight excluding hydrogens is 146 g/mol. The van der Waals surface area contributed by atoms with Gasteiger partial charge in [0.05, 0.1) is 0 Å². The number of nitrogens with zero attached hydrogens (tertiary/aromatic N) is 1. The van der Waals surface area contributed by atoms with Crippen LogP contribution in [0.1, 0.15) is 5.56 Å². The number of rotatable bonds is 1. The van der Waals surface area contributed by atoms with Crippen LogP contribution in [0.15, 0.2) is 29.3 Å². The van der Waals surface area contributed by atoms with Crippen LogP contribution in [0.4, 0.5) is 0 Å². The molecule has 0 fully saturated rings. The molecule has 0 amide bonds. The van der Waals surface area contributed by atoms with Gasteiger partial charge in [0, 0.05) is 18.3 Å². The largest absolute Gasteiger partial charge is 0.296 e. The van der Waals surface area contributed by atoms with Crippen LogP contribution in [0.3, 0.4) is 0 Å². The van der Waals surface area contributed by atoms with Gasteiger partial charge in [0.2, 0.25) is 0 Å². The molecule has 0 radical (unpaired) electrons. The molecule has 0 saturated heterocycles. The highest BCUT2D eigenvalue weighted by molar-refractivity contribution is 6.30. The number of hydrogen-bond acceptors (Lipinski definition) is 1. The highest BCUT2D eigenvalue weighted by Gasteiger charge is 1.85. The third-order valence-corrected chi connectivity index (χ3v) is 1.40. The zero-order valence-corrected chi connectivity index (χ0v) is 6.47. The third kappa shape index (κ3) is 1.85. The number of halogens is 1. The smallest absolute Gasteiger partial charge is 0.0406 e. The van der Waals surface area contributed by atoms with Crippen molar-refractivity contribution in [1.29, 1.82) is 0 Å². The first kappa shape index (κ1) is 7.29. The Morgan fingerprint density at radius 2 is 1.90 bits per heavy atom. The minimum atomic E-state index is 0.758. The molecule has 0 aliphatic carbocycles. The van der Waals surface area contributed by atoms with Crippen LogP contribution in [0.25, 0.3) is 0 Å². The second kappa shape index (κ2) is 3.37. The Kier molecular flexibility index (Phi) is 2.46. The fourth-order valence-electron chi connectivity index (χ4n) is 0.698. The Labute approximate surface area is 65.4 Å². The number of benzene rings is 1. The van der Waals surface area contributed by atoms with Crippen LogP contribution >= 0.6 is 11.6 Å². The van der Waals surface area contributed by atoms with E-state index in [4.69, 9.17) is 11.6 Å². The highest BCUT2D eigenvalue weighted by atomic mass is 35.5. The van der Waals surface area contributed by atoms with Gasteiger partial charge in [-0.1, -0.05) is 23.7 Å². The SMILES string of the molecule is C/N=C/c1ccc(Cl)cc1. The first-order valence-corrected chi connectivity index (χ1v) is 3.38. The molecule has 1 aromatic carbocycles. The van der Waals surface area contributed by atoms with E-state index >= 15 is 0 Å². The highest BCUT2D eigenvalue weighted by Crippen LogP contribution is 2.07. The summed E-state index contributed by atoms with van der Waals surface area (Å²) in [4.78, 5) is 3.87. The monoisotopic (exact) mass is 153 g/mol. The molecule has 0 aliphatic heterocycles. The molecule has 1 rings (SSSR count). The molecule has 0 bridgehead atoms. The van der Waals surface area contributed by atoms with E-state index in [9.17, 15) is 0 Å². The van der Waals surface area contributed by atoms with E-state index in [1.807, 2.05) is 24.3 Å². The minimum Gasteiger partial charge on any atom is -0.296 e. The van der Waals surface area contributed by atoms with Gasteiger partial charge in [0.15, 0.2) is 0 Å². The normalized spacial score (nSPS) is 10.6. The van der Waals surface area contributed by atoms with E-state index in [-0.39, 0.29) is 0 Å². The summed E-state index contributed by atoms with van der Waals surface area (Å²) in [5.74, 6) is 0. The fraction of sp³-hybridized carbons (Fsp3) is 0.125. The molecule has 0 aromatic heterocycles. The van der Waals surface area contributed by atoms with Crippen LogP contribution in [0.5, 0.6) is 0 Å². The summed E-state index contributed by atoms with van der Waals surface area (Å²) in [5, 5.41) is 0.758. The van der Waals surface area contributed by atoms with Gasteiger partial charge in [-0.25, -0.2) is 0 Å². The second-order valence-corrected chi connectivity index (χ2v) is 2.38. The average Bonchev–Trinajstić information content (AvgIpc) is 1.95. The number of hydrogen-bond donors (Lipinski definition) is 0. The van der Waals surface area contributed by atoms with E-state index in [1.165, 1.54) is 0 Å². The van der Waals surface area contributed by atoms with Crippen molar-refractivity contribution in [3.63, 3.8) is 0 Å². The minimum absolute atomic E-state index is 0.758. The van der Waals surface area contributed by atoms with E-state index in [2.05, 4.69) is 4.99 Å². The molecule has 0 aliphatic rings. The summed E-state index contributed by atoms with van der Waals surface area (Å²) < 4.78 is 0. The van der Waals surface area contributed by atoms with Crippen molar-refractivity contribution in [3.05, 3.63) is 34.9 Å². The van der Waals surface area contributed by atoms with Crippen molar-refractivity contribution in [3.8, 4) is 0 Å². The van der Waals surface area contributed by atoms with Gasteiger partial charge in [0.25, 0.3) is 0 Å². The molecule has 1 aromatic rings. The van der Waals surface area contributed by atoms with Gasteiger partial charge in [-0.05, 0) is 17.7 Å². The summed E-state index contributed by atoms with van der Waals surface area (Å²) >= 11 is 5.67. The lowest BCUT2D eigenvalue weighted by Crippen LogP contribution is -1.77. The van der Waals surface area contributed by atoms with Crippen LogP contribution in [-0.4, -0.2) is 13.3 Å². The maximum Gasteiger partial charge on any atom is 0.0406 e. The van der Waals surface area contributed by atoms with E-state index < -0.39 is 0 Å². The molecule has 0 heterocycles. The fourth-order valence-corrected chi connectivity index (χ4v) is 0.824. The van der Waals surface area contributed by atoms with Crippen LogP contribution < -0.4 is 0 Å². The lowest BCUT2D eigenvalue weighted by atomic mass is 10.2. The molecule has 10 heavy (non-hydrogen) atoms. The van der Waals surface area contributed by atoms with E-state index in [0.717, 1.165) is 10.6 Å². The molecule has 0 spiro atoms. The van der Waals surface area contributed by atoms with Crippen molar-refractivity contribution < 1.29 is 0 Å². The first-order valence-electron chi connectivity index (χ1n) is 3.00. The molecule has 0 unspecified atom stereocenters. The Bertz CT molecular complexity index is 226. The van der Waals surface area contributed by atoms with Crippen molar-refractivity contribution >= 4 is 17.8 Å². The van der Waals surface area contributed by atoms with Gasteiger partial charge < -0.3 is 0 Å². The summed E-state index contributed by atoms with van der Waals surface area (Å²) in [6.07, 6.45) is 1.79. The van der Waals surface area contributed by atoms with Crippen molar-refractivity contribution in [1.82, 2.24) is 0 Å². The van der Waals surface area contributed by atoms with Gasteiger partial charge in [0.1, 0.15) is 0 Å². The summed E-state index contributed by atoms with van der Waals surface area (Å²) in [5.41, 5.74) is 1.08. The third-order valence-electron chi connectivity index (χ3n) is 1.15. The molecule has 52 valence electrons. The van der Waals surface area contributed by atoms with Crippen molar-refractivity contribution in [2.24, 2.45) is 4.99 Å². The summed E-state index contributed by atoms with van der Waals surface area (Å²) in [7, 11) is 1.74. The van der Waals surface area contributed by atoms with Gasteiger partial charge in [-0.2, -0.15) is 0 Å². The predicted molar refractivity (Wildman–Crippen MR) is 45.0 cm³/mol. The Balaban J connectivity index is 2.89. The molecule has 1 nitrogen and oxygen atoms in total. The molecular formula is C8H8ClN. The second-order valence-electron chi connectivity index (χ2n) is 1.94. The molecule has 0 saturated carbocycles. The standard InChI is InChI=1S/C8H8ClN/c1-10-6-7-2-4-8(9)5-3-7/h2-6H,1H3/b10-6+. The average molecular weight is 154 g/mol. The first-order chi connectivity index (χ1) is 4.83. The maximum atomic E-state index is 5.67. The van der Waals surface area contributed by atoms with E-state index in [0.29, 0.717) is 0 Å². The van der Waals surface area contributed by atoms with Gasteiger partial charge in [-0.3, -0.25) is 4.99 Å². The Morgan fingerprint density at radius 3 is 2.40 bits per heavy atom. The zero-order chi connectivity index (χ0) is 7.40. The Morgan fingerprint density at radius 1 is 1.30 bits per heavy atom. The van der Waals surface area contributed by atoms with Crippen molar-refractivity contribution in [2.75, 3.05) is 7.05 Å². The summed E-state index contributed by atoms with van der Waals surface area (Å²) in [6, 6.07) is 7.54. The summed E-state index contributed by atoms with van der Waals surface area (Å²) in [6.45, 7) is 0. The lowest BCUT2D eigenvalue weighted by molar-refractivity contribution is 1.46. The maximum absolute atomic E-state index is 5.67. The quantitative estimate of drug-likeness (QED) is 0.550. The Hall–Kier alpha value is -0.820. The van der Waals surface area contributed by atoms with E-state index in [1.54, 1.807) is 13.3 Å². The lowest BCUT2D eigenvalue weighted by Gasteiger charge is -1.90. The molecule has 0 N–H and O–H groups in total. The van der Waals surface area contributed by atoms with Gasteiger partial charge in [-0.15, -0.1) is 0 Å². The van der Waals surface area contributed by atoms with Crippen LogP contribution in [0.2, 0.25) is 5.02 Å². The topological polar surface area (TPSA) is 12.4 Å². The number of aliphatic imine (C=N–C) groups is 1. The predicted octanol–water partition coefficient (Wildman–Crippen LogP) is 2.39. The van der Waals surface area contributed by atoms with Crippen LogP contribution in [-0.2, 0) is 0 Å². The van der Waals surface area contributed by atoms with Gasteiger partial charge >= 0.3 is 0 Å². The van der Waals surface area contributed by atoms with Crippen molar-refractivity contribution in [2.45, 2.75) is 0 Å². The molecule has 2 heteroatoms. The van der Waals surface area contributed by atoms with Crippen LogP contribution in [0, 0.1) is 0 Å².